The highest BCUT2D eigenvalue weighted by Gasteiger charge is 2.44. The number of nitrogens with zero attached hydrogens (tertiary/aromatic N) is 1. The third-order valence-electron chi connectivity index (χ3n) is 5.01. The zero-order valence-corrected chi connectivity index (χ0v) is 15.2. The van der Waals surface area contributed by atoms with Crippen LogP contribution < -0.4 is 17.0 Å². The van der Waals surface area contributed by atoms with E-state index in [1.807, 2.05) is 0 Å². The number of ether oxygens (including phenoxy) is 3. The number of rotatable bonds is 5. The van der Waals surface area contributed by atoms with Crippen LogP contribution in [0.25, 0.3) is 0 Å². The predicted molar refractivity (Wildman–Crippen MR) is 92.3 cm³/mol. The molecule has 0 radical (unpaired) electrons. The Bertz CT molecular complexity index is 794. The van der Waals surface area contributed by atoms with E-state index in [0.29, 0.717) is 5.56 Å². The maximum Gasteiger partial charge on any atom is 0.330 e. The third-order valence-corrected chi connectivity index (χ3v) is 5.01. The summed E-state index contributed by atoms with van der Waals surface area (Å²) in [5.74, 6) is 0. The molecule has 2 aliphatic rings. The number of aromatic amines is 1. The van der Waals surface area contributed by atoms with E-state index in [0.717, 1.165) is 0 Å². The Hall–Kier alpha value is -1.64. The lowest BCUT2D eigenvalue weighted by molar-refractivity contribution is -0.272. The first-order chi connectivity index (χ1) is 13.2. The summed E-state index contributed by atoms with van der Waals surface area (Å²) >= 11 is 0. The molecule has 12 heteroatoms. The monoisotopic (exact) mass is 403 g/mol. The van der Waals surface area contributed by atoms with Crippen molar-refractivity contribution < 1.29 is 34.6 Å². The molecule has 8 atom stereocenters. The van der Waals surface area contributed by atoms with E-state index >= 15 is 0 Å². The first-order valence-corrected chi connectivity index (χ1v) is 8.88. The smallest absolute Gasteiger partial charge is 0.330 e. The average Bonchev–Trinajstić information content (AvgIpc) is 3.02. The predicted octanol–water partition coefficient (Wildman–Crippen LogP) is -3.72. The van der Waals surface area contributed by atoms with E-state index in [4.69, 9.17) is 19.9 Å². The lowest BCUT2D eigenvalue weighted by atomic mass is 9.98. The second-order valence-electron chi connectivity index (χ2n) is 7.03. The van der Waals surface area contributed by atoms with Gasteiger partial charge in [0, 0.05) is 18.2 Å². The Kier molecular flexibility index (Phi) is 6.31. The maximum absolute atomic E-state index is 12.0. The van der Waals surface area contributed by atoms with Crippen molar-refractivity contribution in [2.45, 2.75) is 62.4 Å². The summed E-state index contributed by atoms with van der Waals surface area (Å²) in [7, 11) is 0. The summed E-state index contributed by atoms with van der Waals surface area (Å²) in [5.41, 5.74) is 4.96. The minimum absolute atomic E-state index is 0.0948. The molecule has 0 aliphatic carbocycles. The second-order valence-corrected chi connectivity index (χ2v) is 7.03. The van der Waals surface area contributed by atoms with Gasteiger partial charge in [0.15, 0.2) is 6.29 Å². The highest BCUT2D eigenvalue weighted by Crippen LogP contribution is 2.29. The van der Waals surface area contributed by atoms with Gasteiger partial charge in [0.25, 0.3) is 5.56 Å². The van der Waals surface area contributed by atoms with Crippen molar-refractivity contribution in [1.82, 2.24) is 9.55 Å². The molecule has 1 aromatic heterocycles. The van der Waals surface area contributed by atoms with Gasteiger partial charge in [0.2, 0.25) is 0 Å². The van der Waals surface area contributed by atoms with E-state index in [1.54, 1.807) is 6.92 Å². The van der Waals surface area contributed by atoms with Crippen LogP contribution in [0.2, 0.25) is 0 Å². The number of aryl methyl sites for hydroxylation is 1. The summed E-state index contributed by atoms with van der Waals surface area (Å²) in [6.45, 7) is 0.831. The third kappa shape index (κ3) is 4.04. The van der Waals surface area contributed by atoms with Crippen LogP contribution in [0.3, 0.4) is 0 Å². The number of H-pyrrole nitrogens is 1. The van der Waals surface area contributed by atoms with Crippen LogP contribution in [0, 0.1) is 6.92 Å². The van der Waals surface area contributed by atoms with Gasteiger partial charge in [-0.05, 0) is 6.92 Å². The number of nitrogens with one attached hydrogen (secondary N) is 1. The molecule has 0 spiro atoms. The molecule has 2 saturated heterocycles. The standard InChI is InChI=1S/C16H25N3O9/c1-6-3-19(16(25)18-14(6)24)10-2-7(21)9(27-10)5-26-15-11(17)13(23)12(22)8(4-20)28-15/h3,7-13,15,20-23H,2,4-5,17H2,1H3,(H,18,24,25)/t7-,8+,9+,10+,11+,12+,13+,15+/m0/s1. The van der Waals surface area contributed by atoms with Gasteiger partial charge in [0.05, 0.1) is 25.4 Å². The molecule has 0 aromatic carbocycles. The van der Waals surface area contributed by atoms with Crippen LogP contribution >= 0.6 is 0 Å². The van der Waals surface area contributed by atoms with Gasteiger partial charge in [-0.2, -0.15) is 0 Å². The number of hydrogen-bond acceptors (Lipinski definition) is 10. The summed E-state index contributed by atoms with van der Waals surface area (Å²) in [5, 5.41) is 39.2. The van der Waals surface area contributed by atoms with E-state index in [1.165, 1.54) is 10.8 Å². The maximum atomic E-state index is 12.0. The molecule has 0 unspecified atom stereocenters. The van der Waals surface area contributed by atoms with Gasteiger partial charge in [-0.25, -0.2) is 4.79 Å². The van der Waals surface area contributed by atoms with Crippen molar-refractivity contribution in [1.29, 1.82) is 0 Å². The lowest BCUT2D eigenvalue weighted by Gasteiger charge is -2.40. The van der Waals surface area contributed by atoms with Gasteiger partial charge < -0.3 is 40.4 Å². The van der Waals surface area contributed by atoms with E-state index in [-0.39, 0.29) is 13.0 Å². The molecule has 12 nitrogen and oxygen atoms in total. The molecular formula is C16H25N3O9. The topological polar surface area (TPSA) is 189 Å². The minimum Gasteiger partial charge on any atom is -0.394 e. The first-order valence-electron chi connectivity index (χ1n) is 8.88. The summed E-state index contributed by atoms with van der Waals surface area (Å²) < 4.78 is 17.7. The number of nitrogens with two attached hydrogens (primary N) is 1. The largest absolute Gasteiger partial charge is 0.394 e. The van der Waals surface area contributed by atoms with Gasteiger partial charge in [-0.3, -0.25) is 14.3 Å². The highest BCUT2D eigenvalue weighted by atomic mass is 16.7. The molecule has 2 fully saturated rings. The van der Waals surface area contributed by atoms with Crippen LogP contribution in [0.4, 0.5) is 0 Å². The summed E-state index contributed by atoms with van der Waals surface area (Å²) in [6.07, 6.45) is -6.06. The molecule has 7 N–H and O–H groups in total. The zero-order chi connectivity index (χ0) is 20.6. The fraction of sp³-hybridized carbons (Fsp3) is 0.750. The average molecular weight is 403 g/mol. The van der Waals surface area contributed by atoms with Crippen molar-refractivity contribution in [2.75, 3.05) is 13.2 Å². The molecule has 158 valence electrons. The van der Waals surface area contributed by atoms with Crippen molar-refractivity contribution in [3.8, 4) is 0 Å². The van der Waals surface area contributed by atoms with Crippen LogP contribution in [0.1, 0.15) is 18.2 Å². The van der Waals surface area contributed by atoms with Gasteiger partial charge in [0.1, 0.15) is 30.6 Å². The Labute approximate surface area is 159 Å². The number of aromatic nitrogens is 2. The number of hydrogen-bond donors (Lipinski definition) is 6. The molecule has 0 saturated carbocycles. The second kappa shape index (κ2) is 8.39. The van der Waals surface area contributed by atoms with Crippen LogP contribution in [0.15, 0.2) is 15.8 Å². The van der Waals surface area contributed by atoms with E-state index in [9.17, 15) is 30.0 Å². The molecule has 0 amide bonds. The number of aliphatic hydroxyl groups is 4. The molecule has 1 aromatic rings. The Morgan fingerprint density at radius 1 is 1.25 bits per heavy atom. The van der Waals surface area contributed by atoms with Crippen LogP contribution in [-0.4, -0.2) is 86.0 Å². The van der Waals surface area contributed by atoms with Crippen molar-refractivity contribution in [3.63, 3.8) is 0 Å². The van der Waals surface area contributed by atoms with Crippen molar-refractivity contribution in [3.05, 3.63) is 32.6 Å². The Balaban J connectivity index is 1.64. The highest BCUT2D eigenvalue weighted by molar-refractivity contribution is 5.02. The van der Waals surface area contributed by atoms with E-state index in [2.05, 4.69) is 4.98 Å². The lowest BCUT2D eigenvalue weighted by Crippen LogP contribution is -2.62. The van der Waals surface area contributed by atoms with Crippen LogP contribution in [0.5, 0.6) is 0 Å². The normalized spacial score (nSPS) is 38.6. The molecule has 0 bridgehead atoms. The fourth-order valence-corrected chi connectivity index (χ4v) is 3.28. The molecule has 3 rings (SSSR count). The molecule has 2 aliphatic heterocycles. The summed E-state index contributed by atoms with van der Waals surface area (Å²) in [4.78, 5) is 25.6. The van der Waals surface area contributed by atoms with Gasteiger partial charge in [-0.15, -0.1) is 0 Å². The number of aliphatic hydroxyl groups excluding tert-OH is 4. The fourth-order valence-electron chi connectivity index (χ4n) is 3.28. The molecule has 28 heavy (non-hydrogen) atoms. The van der Waals surface area contributed by atoms with Crippen LogP contribution in [-0.2, 0) is 14.2 Å². The molecule has 3 heterocycles. The first kappa shape index (κ1) is 21.1. The van der Waals surface area contributed by atoms with Crippen molar-refractivity contribution in [2.24, 2.45) is 5.73 Å². The van der Waals surface area contributed by atoms with Gasteiger partial charge >= 0.3 is 5.69 Å². The minimum atomic E-state index is -1.36. The quantitative estimate of drug-likeness (QED) is 0.285. The van der Waals surface area contributed by atoms with Crippen molar-refractivity contribution >= 4 is 0 Å². The van der Waals surface area contributed by atoms with Gasteiger partial charge in [-0.1, -0.05) is 0 Å². The zero-order valence-electron chi connectivity index (χ0n) is 15.2. The van der Waals surface area contributed by atoms with E-state index < -0.39 is 66.9 Å². The molecular weight excluding hydrogens is 378 g/mol. The summed E-state index contributed by atoms with van der Waals surface area (Å²) in [6, 6.07) is -1.07. The Morgan fingerprint density at radius 2 is 1.96 bits per heavy atom. The SMILES string of the molecule is Cc1cn([C@H]2C[C@H](O)[C@@H](CO[C@@H]3O[C@H](CO)[C@@H](O)[C@H](O)[C@H]3N)O2)c(=O)[nH]c1=O. The Morgan fingerprint density at radius 3 is 2.64 bits per heavy atom.